The highest BCUT2D eigenvalue weighted by atomic mass is 32.2. The summed E-state index contributed by atoms with van der Waals surface area (Å²) >= 11 is 1.27. The maximum absolute atomic E-state index is 14.3. The molecular formula is C17H20BF2NO7S. The predicted molar refractivity (Wildman–Crippen MR) is 100 cm³/mol. The Labute approximate surface area is 170 Å². The second-order valence-corrected chi connectivity index (χ2v) is 7.39. The van der Waals surface area contributed by atoms with Crippen LogP contribution in [0.4, 0.5) is 8.78 Å². The van der Waals surface area contributed by atoms with Crippen LogP contribution in [-0.2, 0) is 25.5 Å². The summed E-state index contributed by atoms with van der Waals surface area (Å²) in [5.74, 6) is -6.84. The van der Waals surface area contributed by atoms with Crippen molar-refractivity contribution in [3.8, 4) is 5.75 Å². The molecule has 1 aliphatic rings. The monoisotopic (exact) mass is 431 g/mol. The van der Waals surface area contributed by atoms with Crippen molar-refractivity contribution >= 4 is 36.7 Å². The van der Waals surface area contributed by atoms with Crippen LogP contribution in [0.2, 0.25) is 0 Å². The molecule has 0 saturated carbocycles. The van der Waals surface area contributed by atoms with Gasteiger partial charge in [-0.2, -0.15) is 11.8 Å². The molecule has 0 spiro atoms. The molecule has 1 atom stereocenters. The van der Waals surface area contributed by atoms with Crippen LogP contribution in [0.1, 0.15) is 29.8 Å². The second kappa shape index (κ2) is 9.92. The molecule has 1 amide bonds. The molecule has 2 rings (SSSR count). The first kappa shape index (κ1) is 22.9. The van der Waals surface area contributed by atoms with Crippen LogP contribution in [0, 0.1) is 17.6 Å². The summed E-state index contributed by atoms with van der Waals surface area (Å²) in [6.45, 7) is 2.34. The van der Waals surface area contributed by atoms with Gasteiger partial charge in [-0.05, 0) is 24.3 Å². The molecule has 158 valence electrons. The van der Waals surface area contributed by atoms with Crippen molar-refractivity contribution < 1.29 is 42.3 Å². The Hall–Kier alpha value is -2.34. The standard InChI is InChI=1S/C17H20BF2NO7S/c1-8(2)16(23)26-7-27-17(24)13-14(20)10(19)4-9-5-11(18(25)28-15(9)13)21-12(22)6-29-3/h4,8,11,25H,5-7H2,1-3H3,(H,21,22)/t11-/m0/s1. The number of ether oxygens (including phenoxy) is 2. The third-order valence-electron chi connectivity index (χ3n) is 3.96. The molecule has 0 unspecified atom stereocenters. The second-order valence-electron chi connectivity index (χ2n) is 6.52. The third-order valence-corrected chi connectivity index (χ3v) is 4.51. The number of carbonyl (C=O) groups is 3. The smallest absolute Gasteiger partial charge is 0.534 e. The molecule has 1 aromatic rings. The zero-order valence-corrected chi connectivity index (χ0v) is 16.8. The molecule has 0 fully saturated rings. The van der Waals surface area contributed by atoms with E-state index in [1.165, 1.54) is 11.8 Å². The van der Waals surface area contributed by atoms with Gasteiger partial charge in [0.25, 0.3) is 0 Å². The summed E-state index contributed by atoms with van der Waals surface area (Å²) in [5.41, 5.74) is -0.802. The molecule has 2 N–H and O–H groups in total. The van der Waals surface area contributed by atoms with Crippen molar-refractivity contribution in [1.29, 1.82) is 0 Å². The summed E-state index contributed by atoms with van der Waals surface area (Å²) in [6.07, 6.45) is 1.62. The number of rotatable bonds is 7. The topological polar surface area (TPSA) is 111 Å². The Morgan fingerprint density at radius 3 is 2.69 bits per heavy atom. The van der Waals surface area contributed by atoms with Gasteiger partial charge in [0, 0.05) is 0 Å². The number of halogens is 2. The maximum Gasteiger partial charge on any atom is 0.547 e. The van der Waals surface area contributed by atoms with Crippen LogP contribution in [0.5, 0.6) is 5.75 Å². The van der Waals surface area contributed by atoms with Gasteiger partial charge >= 0.3 is 19.1 Å². The minimum atomic E-state index is -1.59. The van der Waals surface area contributed by atoms with E-state index in [-0.39, 0.29) is 23.6 Å². The molecule has 1 heterocycles. The van der Waals surface area contributed by atoms with Crippen LogP contribution in [0.25, 0.3) is 0 Å². The first-order valence-electron chi connectivity index (χ1n) is 8.63. The summed E-state index contributed by atoms with van der Waals surface area (Å²) in [7, 11) is -1.59. The number of hydrogen-bond donors (Lipinski definition) is 2. The lowest BCUT2D eigenvalue weighted by atomic mass is 9.72. The Kier molecular flexibility index (Phi) is 7.85. The number of benzene rings is 1. The van der Waals surface area contributed by atoms with Crippen LogP contribution < -0.4 is 9.97 Å². The van der Waals surface area contributed by atoms with Gasteiger partial charge in [-0.3, -0.25) is 9.59 Å². The molecule has 0 bridgehead atoms. The summed E-state index contributed by atoms with van der Waals surface area (Å²) in [5, 5.41) is 12.7. The van der Waals surface area contributed by atoms with Gasteiger partial charge in [-0.25, -0.2) is 13.6 Å². The Balaban J connectivity index is 2.21. The van der Waals surface area contributed by atoms with E-state index in [2.05, 4.69) is 14.8 Å². The van der Waals surface area contributed by atoms with Gasteiger partial charge in [-0.15, -0.1) is 0 Å². The van der Waals surface area contributed by atoms with Crippen molar-refractivity contribution in [3.63, 3.8) is 0 Å². The van der Waals surface area contributed by atoms with E-state index in [9.17, 15) is 28.2 Å². The largest absolute Gasteiger partial charge is 0.547 e. The zero-order chi connectivity index (χ0) is 21.7. The van der Waals surface area contributed by atoms with Gasteiger partial charge in [0.1, 0.15) is 11.3 Å². The highest BCUT2D eigenvalue weighted by Crippen LogP contribution is 2.34. The Morgan fingerprint density at radius 1 is 1.38 bits per heavy atom. The fourth-order valence-corrected chi connectivity index (χ4v) is 2.90. The van der Waals surface area contributed by atoms with E-state index < -0.39 is 60.7 Å². The van der Waals surface area contributed by atoms with Crippen molar-refractivity contribution in [2.45, 2.75) is 26.2 Å². The highest BCUT2D eigenvalue weighted by molar-refractivity contribution is 7.99. The first-order chi connectivity index (χ1) is 13.6. The van der Waals surface area contributed by atoms with E-state index in [1.54, 1.807) is 20.1 Å². The lowest BCUT2D eigenvalue weighted by molar-refractivity contribution is -0.155. The molecule has 1 aromatic carbocycles. The normalized spacial score (nSPS) is 15.4. The van der Waals surface area contributed by atoms with Crippen molar-refractivity contribution in [1.82, 2.24) is 5.32 Å². The number of carbonyl (C=O) groups excluding carboxylic acids is 3. The van der Waals surface area contributed by atoms with Gasteiger partial charge in [0.15, 0.2) is 11.6 Å². The van der Waals surface area contributed by atoms with E-state index in [1.807, 2.05) is 0 Å². The molecule has 0 saturated heterocycles. The average molecular weight is 431 g/mol. The number of amides is 1. The Bertz CT molecular complexity index is 808. The van der Waals surface area contributed by atoms with Crippen molar-refractivity contribution in [2.24, 2.45) is 5.92 Å². The third kappa shape index (κ3) is 5.60. The molecule has 1 aliphatic heterocycles. The lowest BCUT2D eigenvalue weighted by Crippen LogP contribution is -2.53. The molecule has 12 heteroatoms. The number of fused-ring (bicyclic) bond motifs is 1. The van der Waals surface area contributed by atoms with Crippen LogP contribution >= 0.6 is 11.8 Å². The van der Waals surface area contributed by atoms with Crippen LogP contribution in [0.3, 0.4) is 0 Å². The number of thioether (sulfide) groups is 1. The van der Waals surface area contributed by atoms with Crippen LogP contribution in [-0.4, -0.2) is 54.7 Å². The van der Waals surface area contributed by atoms with Gasteiger partial charge in [-0.1, -0.05) is 13.8 Å². The number of hydrogen-bond acceptors (Lipinski definition) is 8. The van der Waals surface area contributed by atoms with E-state index >= 15 is 0 Å². The lowest BCUT2D eigenvalue weighted by Gasteiger charge is -2.29. The first-order valence-corrected chi connectivity index (χ1v) is 10.0. The predicted octanol–water partition coefficient (Wildman–Crippen LogP) is 1.08. The molecule has 0 aromatic heterocycles. The number of esters is 2. The number of nitrogens with one attached hydrogen (secondary N) is 1. The fraction of sp³-hybridized carbons (Fsp3) is 0.471. The fourth-order valence-electron chi connectivity index (χ4n) is 2.55. The molecular weight excluding hydrogens is 411 g/mol. The molecule has 29 heavy (non-hydrogen) atoms. The van der Waals surface area contributed by atoms with Crippen LogP contribution in [0.15, 0.2) is 6.07 Å². The van der Waals surface area contributed by atoms with E-state index in [0.717, 1.165) is 6.07 Å². The molecule has 0 aliphatic carbocycles. The highest BCUT2D eigenvalue weighted by Gasteiger charge is 2.40. The summed E-state index contributed by atoms with van der Waals surface area (Å²) in [6, 6.07) is 0.819. The quantitative estimate of drug-likeness (QED) is 0.375. The van der Waals surface area contributed by atoms with E-state index in [0.29, 0.717) is 0 Å². The molecule has 8 nitrogen and oxygen atoms in total. The van der Waals surface area contributed by atoms with E-state index in [4.69, 9.17) is 4.65 Å². The minimum absolute atomic E-state index is 0.0646. The van der Waals surface area contributed by atoms with Gasteiger partial charge < -0.3 is 24.5 Å². The minimum Gasteiger partial charge on any atom is -0.534 e. The maximum atomic E-state index is 14.3. The summed E-state index contributed by atoms with van der Waals surface area (Å²) < 4.78 is 42.8. The average Bonchev–Trinajstić information content (AvgIpc) is 2.64. The van der Waals surface area contributed by atoms with Gasteiger partial charge in [0.2, 0.25) is 12.7 Å². The zero-order valence-electron chi connectivity index (χ0n) is 16.0. The van der Waals surface area contributed by atoms with Gasteiger partial charge in [0.05, 0.1) is 17.6 Å². The Morgan fingerprint density at radius 2 is 2.07 bits per heavy atom. The summed E-state index contributed by atoms with van der Waals surface area (Å²) in [4.78, 5) is 35.4. The van der Waals surface area contributed by atoms with Crippen molar-refractivity contribution in [2.75, 3.05) is 18.8 Å². The molecule has 0 radical (unpaired) electrons. The van der Waals surface area contributed by atoms with Crippen molar-refractivity contribution in [3.05, 3.63) is 28.8 Å². The SMILES string of the molecule is CSCC(=O)N[C@H]1Cc2cc(F)c(F)c(C(=O)OCOC(=O)C(C)C)c2OB1O.